The van der Waals surface area contributed by atoms with Crippen LogP contribution in [0.4, 0.5) is 0 Å². The Balaban J connectivity index is 1.86. The Kier molecular flexibility index (Phi) is 6.10. The van der Waals surface area contributed by atoms with Gasteiger partial charge in [0.15, 0.2) is 6.61 Å². The van der Waals surface area contributed by atoms with E-state index in [1.54, 1.807) is 12.1 Å². The van der Waals surface area contributed by atoms with Crippen molar-refractivity contribution >= 4 is 45.1 Å². The number of ketones is 1. The molecular formula is C17H15BrO3S. The number of esters is 1. The van der Waals surface area contributed by atoms with Crippen molar-refractivity contribution in [3.63, 3.8) is 0 Å². The van der Waals surface area contributed by atoms with Gasteiger partial charge in [-0.3, -0.25) is 4.79 Å². The number of hydrogen-bond acceptors (Lipinski definition) is 4. The fourth-order valence-electron chi connectivity index (χ4n) is 1.75. The predicted octanol–water partition coefficient (Wildman–Crippen LogP) is 4.51. The SMILES string of the molecule is CCc1ccc(C(=O)COC(=O)/C=C/c2cccc(Br)c2)s1. The minimum Gasteiger partial charge on any atom is -0.454 e. The van der Waals surface area contributed by atoms with Crippen LogP contribution in [0.1, 0.15) is 27.0 Å². The van der Waals surface area contributed by atoms with Gasteiger partial charge in [-0.15, -0.1) is 11.3 Å². The van der Waals surface area contributed by atoms with Crippen LogP contribution < -0.4 is 0 Å². The lowest BCUT2D eigenvalue weighted by Crippen LogP contribution is -2.11. The zero-order valence-electron chi connectivity index (χ0n) is 12.0. The third-order valence-corrected chi connectivity index (χ3v) is 4.65. The summed E-state index contributed by atoms with van der Waals surface area (Å²) in [5, 5.41) is 0. The number of thiophene rings is 1. The van der Waals surface area contributed by atoms with Gasteiger partial charge < -0.3 is 4.74 Å². The maximum Gasteiger partial charge on any atom is 0.331 e. The molecule has 114 valence electrons. The Labute approximate surface area is 141 Å². The van der Waals surface area contributed by atoms with Gasteiger partial charge in [0.05, 0.1) is 4.88 Å². The number of halogens is 1. The molecule has 0 saturated carbocycles. The van der Waals surface area contributed by atoms with Crippen molar-refractivity contribution in [2.75, 3.05) is 6.61 Å². The van der Waals surface area contributed by atoms with E-state index in [0.29, 0.717) is 4.88 Å². The van der Waals surface area contributed by atoms with Crippen LogP contribution in [-0.4, -0.2) is 18.4 Å². The summed E-state index contributed by atoms with van der Waals surface area (Å²) in [6.45, 7) is 1.80. The normalized spacial score (nSPS) is 10.8. The quantitative estimate of drug-likeness (QED) is 0.421. The van der Waals surface area contributed by atoms with Crippen molar-refractivity contribution in [2.24, 2.45) is 0 Å². The van der Waals surface area contributed by atoms with Gasteiger partial charge in [0.25, 0.3) is 0 Å². The van der Waals surface area contributed by atoms with Gasteiger partial charge in [0.1, 0.15) is 0 Å². The first-order chi connectivity index (χ1) is 10.6. The van der Waals surface area contributed by atoms with E-state index in [1.165, 1.54) is 17.4 Å². The Morgan fingerprint density at radius 1 is 1.27 bits per heavy atom. The standard InChI is InChI=1S/C17H15BrO3S/c1-2-14-7-8-16(22-14)15(19)11-21-17(20)9-6-12-4-3-5-13(18)10-12/h3-10H,2,11H2,1H3/b9-6+. The maximum atomic E-state index is 11.9. The number of benzene rings is 1. The first-order valence-electron chi connectivity index (χ1n) is 6.81. The summed E-state index contributed by atoms with van der Waals surface area (Å²) in [6, 6.07) is 11.2. The number of hydrogen-bond donors (Lipinski definition) is 0. The highest BCUT2D eigenvalue weighted by molar-refractivity contribution is 9.10. The molecule has 2 rings (SSSR count). The number of ether oxygens (including phenoxy) is 1. The number of Topliss-reactive ketones (excluding diaryl/α,β-unsaturated/α-hetero) is 1. The maximum absolute atomic E-state index is 11.9. The van der Waals surface area contributed by atoms with E-state index in [-0.39, 0.29) is 12.4 Å². The molecule has 1 aromatic heterocycles. The Morgan fingerprint density at radius 3 is 2.77 bits per heavy atom. The topological polar surface area (TPSA) is 43.4 Å². The summed E-state index contributed by atoms with van der Waals surface area (Å²) in [5.41, 5.74) is 0.878. The molecule has 0 aliphatic heterocycles. The molecule has 0 unspecified atom stereocenters. The Morgan fingerprint density at radius 2 is 2.09 bits per heavy atom. The monoisotopic (exact) mass is 378 g/mol. The average Bonchev–Trinajstić information content (AvgIpc) is 3.00. The lowest BCUT2D eigenvalue weighted by molar-refractivity contribution is -0.136. The number of rotatable bonds is 6. The molecule has 0 atom stereocenters. The van der Waals surface area contributed by atoms with E-state index >= 15 is 0 Å². The van der Waals surface area contributed by atoms with Gasteiger partial charge in [-0.2, -0.15) is 0 Å². The third-order valence-electron chi connectivity index (χ3n) is 2.89. The zero-order valence-corrected chi connectivity index (χ0v) is 14.4. The molecule has 0 N–H and O–H groups in total. The van der Waals surface area contributed by atoms with Crippen molar-refractivity contribution in [1.29, 1.82) is 0 Å². The van der Waals surface area contributed by atoms with Gasteiger partial charge >= 0.3 is 5.97 Å². The molecule has 0 radical (unpaired) electrons. The van der Waals surface area contributed by atoms with Crippen molar-refractivity contribution in [2.45, 2.75) is 13.3 Å². The second-order valence-electron chi connectivity index (χ2n) is 4.54. The van der Waals surface area contributed by atoms with Crippen LogP contribution in [0, 0.1) is 0 Å². The molecule has 0 amide bonds. The van der Waals surface area contributed by atoms with E-state index < -0.39 is 5.97 Å². The predicted molar refractivity (Wildman–Crippen MR) is 92.2 cm³/mol. The van der Waals surface area contributed by atoms with Crippen molar-refractivity contribution in [3.8, 4) is 0 Å². The van der Waals surface area contributed by atoms with E-state index in [2.05, 4.69) is 15.9 Å². The highest BCUT2D eigenvalue weighted by Crippen LogP contribution is 2.17. The lowest BCUT2D eigenvalue weighted by atomic mass is 10.2. The molecule has 3 nitrogen and oxygen atoms in total. The summed E-state index contributed by atoms with van der Waals surface area (Å²) in [6.07, 6.45) is 3.87. The smallest absolute Gasteiger partial charge is 0.331 e. The van der Waals surface area contributed by atoms with E-state index in [1.807, 2.05) is 37.3 Å². The largest absolute Gasteiger partial charge is 0.454 e. The van der Waals surface area contributed by atoms with Crippen molar-refractivity contribution in [1.82, 2.24) is 0 Å². The van der Waals surface area contributed by atoms with Gasteiger partial charge in [-0.1, -0.05) is 35.0 Å². The van der Waals surface area contributed by atoms with Gasteiger partial charge in [-0.25, -0.2) is 4.79 Å². The molecular weight excluding hydrogens is 364 g/mol. The summed E-state index contributed by atoms with van der Waals surface area (Å²) in [7, 11) is 0. The summed E-state index contributed by atoms with van der Waals surface area (Å²) < 4.78 is 5.91. The molecule has 0 bridgehead atoms. The van der Waals surface area contributed by atoms with Crippen LogP contribution in [-0.2, 0) is 16.0 Å². The third kappa shape index (κ3) is 4.93. The highest BCUT2D eigenvalue weighted by atomic mass is 79.9. The molecule has 5 heteroatoms. The molecule has 2 aromatic rings. The minimum atomic E-state index is -0.527. The second-order valence-corrected chi connectivity index (χ2v) is 6.62. The summed E-state index contributed by atoms with van der Waals surface area (Å²) in [4.78, 5) is 25.3. The Hall–Kier alpha value is -1.72. The molecule has 22 heavy (non-hydrogen) atoms. The van der Waals surface area contributed by atoms with Crippen LogP contribution in [0.3, 0.4) is 0 Å². The van der Waals surface area contributed by atoms with Crippen LogP contribution in [0.25, 0.3) is 6.08 Å². The van der Waals surface area contributed by atoms with Crippen LogP contribution >= 0.6 is 27.3 Å². The van der Waals surface area contributed by atoms with Crippen LogP contribution in [0.2, 0.25) is 0 Å². The van der Waals surface area contributed by atoms with Crippen molar-refractivity contribution in [3.05, 3.63) is 62.3 Å². The minimum absolute atomic E-state index is 0.172. The molecule has 0 aliphatic rings. The lowest BCUT2D eigenvalue weighted by Gasteiger charge is -2.00. The summed E-state index contributed by atoms with van der Waals surface area (Å²) in [5.74, 6) is -0.700. The number of carbonyl (C=O) groups excluding carboxylic acids is 2. The van der Waals surface area contributed by atoms with Gasteiger partial charge in [0, 0.05) is 15.4 Å². The zero-order chi connectivity index (χ0) is 15.9. The molecule has 1 heterocycles. The van der Waals surface area contributed by atoms with Crippen LogP contribution in [0.15, 0.2) is 46.9 Å². The van der Waals surface area contributed by atoms with Crippen LogP contribution in [0.5, 0.6) is 0 Å². The molecule has 1 aromatic carbocycles. The van der Waals surface area contributed by atoms with E-state index in [4.69, 9.17) is 4.74 Å². The molecule has 0 aliphatic carbocycles. The van der Waals surface area contributed by atoms with E-state index in [0.717, 1.165) is 21.3 Å². The van der Waals surface area contributed by atoms with Gasteiger partial charge in [0.2, 0.25) is 5.78 Å². The number of aryl methyl sites for hydroxylation is 1. The van der Waals surface area contributed by atoms with Gasteiger partial charge in [-0.05, 0) is 42.3 Å². The molecule has 0 spiro atoms. The first kappa shape index (κ1) is 16.6. The highest BCUT2D eigenvalue weighted by Gasteiger charge is 2.10. The summed E-state index contributed by atoms with van der Waals surface area (Å²) >= 11 is 4.80. The fourth-order valence-corrected chi connectivity index (χ4v) is 3.04. The molecule has 0 saturated heterocycles. The average molecular weight is 379 g/mol. The Bertz CT molecular complexity index is 703. The fraction of sp³-hybridized carbons (Fsp3) is 0.176. The first-order valence-corrected chi connectivity index (χ1v) is 8.41. The number of carbonyl (C=O) groups is 2. The van der Waals surface area contributed by atoms with Crippen molar-refractivity contribution < 1.29 is 14.3 Å². The molecule has 0 fully saturated rings. The second kappa shape index (κ2) is 8.06. The van der Waals surface area contributed by atoms with E-state index in [9.17, 15) is 9.59 Å².